The summed E-state index contributed by atoms with van der Waals surface area (Å²) in [4.78, 5) is 4.57. The Hall–Kier alpha value is -0.550. The molecule has 4 rings (SSSR count). The number of hydrogen-bond donors (Lipinski definition) is 0. The number of allylic oxidation sites excluding steroid dienone is 2. The van der Waals surface area contributed by atoms with E-state index >= 15 is 0 Å². The Bertz CT molecular complexity index is 1400. The van der Waals surface area contributed by atoms with Crippen molar-refractivity contribution in [3.63, 3.8) is 0 Å². The fourth-order valence-corrected chi connectivity index (χ4v) is 13.5. The van der Waals surface area contributed by atoms with E-state index in [-0.39, 0.29) is 0 Å². The van der Waals surface area contributed by atoms with Gasteiger partial charge in [-0.25, -0.2) is 0 Å². The van der Waals surface area contributed by atoms with Crippen molar-refractivity contribution in [2.24, 2.45) is 47.3 Å². The molecule has 0 N–H and O–H groups in total. The van der Waals surface area contributed by atoms with E-state index in [0.29, 0.717) is 92.5 Å². The van der Waals surface area contributed by atoms with Gasteiger partial charge in [-0.3, -0.25) is 0 Å². The fourth-order valence-electron chi connectivity index (χ4n) is 12.7. The van der Waals surface area contributed by atoms with Crippen LogP contribution in [0.3, 0.4) is 0 Å². The summed E-state index contributed by atoms with van der Waals surface area (Å²) < 4.78 is 74.1. The first-order valence-electron chi connectivity index (χ1n) is 43.1. The maximum atomic E-state index is 5.50. The minimum absolute atomic E-state index is 0.628. The minimum atomic E-state index is 0.628. The Morgan fingerprint density at radius 2 is 0.437 bits per heavy atom. The van der Waals surface area contributed by atoms with E-state index in [2.05, 4.69) is 172 Å². The van der Waals surface area contributed by atoms with Gasteiger partial charge in [-0.2, -0.15) is 11.8 Å². The number of ether oxygens (including phenoxy) is 14. The average Bonchev–Trinajstić information content (AvgIpc) is 1.66. The molecule has 4 unspecified atom stereocenters. The van der Waals surface area contributed by atoms with E-state index in [1.807, 2.05) is 0 Å². The van der Waals surface area contributed by atoms with Crippen molar-refractivity contribution in [3.8, 4) is 0 Å². The standard InChI is InChI=1S/C15H33NO4.C12H26O4.C11H20.C11H18.C10H22O3.C8H18O2.C7H17N.C6H14O.C6H14S/c1-4-8-17-12-14-19-10-6-16(3)7-11-20-15-13-18-9-5-2;1-3-5-13-7-9-15-11-12-16-10-8-14-6-4-2;2*1-3-10-8-5-6-9(7-8)11(10)4-2;1-3-5-11-7-9-13-10-8-12-6-4-2;1-3-5-9-7-8-10-6-4-2;1-4-6-8(3)7-5-2;2*1-3-5-7-6-4-2/h4-15H2,1-3H3;3-12H2,1-2H3;8-11H,3-7H2,1-2H3;5-6,8-11H,3-4,7H2,1-2H3;3-10H2,1-2H3;3-8H2,1-2H3;4-7H2,1-3H3;2*3-6H2,1-2H3/t;;2*8?,9?,10-,11-;;;;;/m..11...../s1. The van der Waals surface area contributed by atoms with Crippen molar-refractivity contribution in [1.82, 2.24) is 9.80 Å². The van der Waals surface area contributed by atoms with Crippen LogP contribution in [0.4, 0.5) is 0 Å². The first kappa shape index (κ1) is 111. The average molecular weight is 1500 g/mol. The summed E-state index contributed by atoms with van der Waals surface area (Å²) in [7, 11) is 4.25. The van der Waals surface area contributed by atoms with Crippen LogP contribution in [0.1, 0.15) is 266 Å². The number of hydrogen-bond acceptors (Lipinski definition) is 17. The Balaban J connectivity index is -0.000000356. The topological polar surface area (TPSA) is 136 Å². The zero-order valence-electron chi connectivity index (χ0n) is 72.4. The highest BCUT2D eigenvalue weighted by molar-refractivity contribution is 7.99. The van der Waals surface area contributed by atoms with Crippen molar-refractivity contribution in [1.29, 1.82) is 0 Å². The molecule has 0 amide bonds. The van der Waals surface area contributed by atoms with E-state index in [4.69, 9.17) is 66.3 Å². The molecule has 0 aromatic rings. The lowest BCUT2D eigenvalue weighted by atomic mass is 9.77. The van der Waals surface area contributed by atoms with Crippen molar-refractivity contribution in [2.45, 2.75) is 266 Å². The van der Waals surface area contributed by atoms with Gasteiger partial charge in [-0.15, -0.1) is 0 Å². The molecule has 16 nitrogen and oxygen atoms in total. The predicted molar refractivity (Wildman–Crippen MR) is 445 cm³/mol. The second-order valence-corrected chi connectivity index (χ2v) is 28.6. The molecule has 0 radical (unpaired) electrons. The third-order valence-corrected chi connectivity index (χ3v) is 19.0. The molecule has 0 heterocycles. The summed E-state index contributed by atoms with van der Waals surface area (Å²) in [6.45, 7) is 64.6. The van der Waals surface area contributed by atoms with Crippen LogP contribution in [-0.2, 0) is 66.3 Å². The van der Waals surface area contributed by atoms with E-state index in [1.54, 1.807) is 19.3 Å². The van der Waals surface area contributed by atoms with E-state index in [9.17, 15) is 0 Å². The van der Waals surface area contributed by atoms with Gasteiger partial charge >= 0.3 is 0 Å². The van der Waals surface area contributed by atoms with Gasteiger partial charge < -0.3 is 76.1 Å². The fraction of sp³-hybridized carbons (Fsp3) is 0.977. The predicted octanol–water partition coefficient (Wildman–Crippen LogP) is 20.2. The highest BCUT2D eigenvalue weighted by Crippen LogP contribution is 2.54. The lowest BCUT2D eigenvalue weighted by molar-refractivity contribution is -0.00163. The monoisotopic (exact) mass is 1500 g/mol. The van der Waals surface area contributed by atoms with Gasteiger partial charge in [-0.05, 0) is 202 Å². The molecule has 4 bridgehead atoms. The first-order valence-corrected chi connectivity index (χ1v) is 44.3. The van der Waals surface area contributed by atoms with Gasteiger partial charge in [0, 0.05) is 79.2 Å². The summed E-state index contributed by atoms with van der Waals surface area (Å²) in [5.74, 6) is 11.1. The number of thioether (sulfide) groups is 1. The minimum Gasteiger partial charge on any atom is -0.381 e. The molecule has 4 aliphatic rings. The Morgan fingerprint density at radius 1 is 0.233 bits per heavy atom. The largest absolute Gasteiger partial charge is 0.381 e. The zero-order chi connectivity index (χ0) is 77.4. The number of likely N-dealkylation sites (N-methyl/N-ethyl adjacent to an activating group) is 1. The van der Waals surface area contributed by atoms with Gasteiger partial charge in [-0.1, -0.05) is 162 Å². The second kappa shape index (κ2) is 97.5. The highest BCUT2D eigenvalue weighted by Gasteiger charge is 2.45. The molecule has 0 aromatic heterocycles. The van der Waals surface area contributed by atoms with Gasteiger partial charge in [0.25, 0.3) is 0 Å². The van der Waals surface area contributed by atoms with Crippen molar-refractivity contribution in [2.75, 3.05) is 237 Å². The Labute approximate surface area is 646 Å². The summed E-state index contributed by atoms with van der Waals surface area (Å²) in [6, 6.07) is 0. The molecule has 0 saturated heterocycles. The van der Waals surface area contributed by atoms with E-state index in [0.717, 1.165) is 217 Å². The Morgan fingerprint density at radius 3 is 0.641 bits per heavy atom. The van der Waals surface area contributed by atoms with Crippen LogP contribution < -0.4 is 0 Å². The highest BCUT2D eigenvalue weighted by atomic mass is 32.2. The third-order valence-electron chi connectivity index (χ3n) is 17.6. The quantitative estimate of drug-likeness (QED) is 0.0422. The molecule has 8 atom stereocenters. The second-order valence-electron chi connectivity index (χ2n) is 27.4. The Kier molecular flexibility index (Phi) is 105. The third kappa shape index (κ3) is 80.8. The van der Waals surface area contributed by atoms with Crippen LogP contribution in [0.2, 0.25) is 0 Å². The number of rotatable bonds is 62. The maximum Gasteiger partial charge on any atom is 0.0701 e. The van der Waals surface area contributed by atoms with Crippen LogP contribution in [0.15, 0.2) is 12.2 Å². The van der Waals surface area contributed by atoms with Crippen LogP contribution in [0.5, 0.6) is 0 Å². The van der Waals surface area contributed by atoms with Crippen LogP contribution in [0, 0.1) is 47.3 Å². The molecule has 3 saturated carbocycles. The normalized spacial score (nSPS) is 18.5. The zero-order valence-corrected chi connectivity index (χ0v) is 73.2. The van der Waals surface area contributed by atoms with Crippen LogP contribution in [-0.4, -0.2) is 247 Å². The molecule has 0 spiro atoms. The summed E-state index contributed by atoms with van der Waals surface area (Å²) in [6.07, 6.45) is 32.8. The van der Waals surface area contributed by atoms with Crippen molar-refractivity contribution < 1.29 is 66.3 Å². The van der Waals surface area contributed by atoms with Crippen LogP contribution >= 0.6 is 11.8 Å². The summed E-state index contributed by atoms with van der Waals surface area (Å²) in [5.41, 5.74) is 0. The summed E-state index contributed by atoms with van der Waals surface area (Å²) in [5, 5.41) is 0. The van der Waals surface area contributed by atoms with Gasteiger partial charge in [0.15, 0.2) is 0 Å². The van der Waals surface area contributed by atoms with E-state index < -0.39 is 0 Å². The molecule has 4 aliphatic carbocycles. The van der Waals surface area contributed by atoms with E-state index in [1.165, 1.54) is 82.4 Å². The van der Waals surface area contributed by atoms with Gasteiger partial charge in [0.2, 0.25) is 0 Å². The maximum absolute atomic E-state index is 5.50. The molecular formula is C86H182N2O14S. The van der Waals surface area contributed by atoms with Crippen molar-refractivity contribution >= 4 is 11.8 Å². The first-order chi connectivity index (χ1) is 50.4. The van der Waals surface area contributed by atoms with Gasteiger partial charge in [0.05, 0.1) is 119 Å². The molecular weight excluding hydrogens is 1320 g/mol. The lowest BCUT2D eigenvalue weighted by Gasteiger charge is -2.29. The smallest absolute Gasteiger partial charge is 0.0701 e. The molecule has 626 valence electrons. The number of fused-ring (bicyclic) bond motifs is 4. The van der Waals surface area contributed by atoms with Crippen molar-refractivity contribution in [3.05, 3.63) is 12.2 Å². The molecule has 17 heteroatoms. The molecule has 103 heavy (non-hydrogen) atoms. The molecule has 0 aromatic carbocycles. The number of nitrogens with zero attached hydrogens (tertiary/aromatic N) is 2. The molecule has 3 fully saturated rings. The lowest BCUT2D eigenvalue weighted by Crippen LogP contribution is -2.27. The molecule has 0 aliphatic heterocycles. The SMILES string of the molecule is CCCN(C)CCC.CCCOCCC.CCCOCCOCCC.CCCOCCOCCN(C)CCOCCOCCC.CCCOCCOCCOCCC.CCCOCCOCCOCCOCCC.CCCSCCC.CC[C@@H]1C2C=CC(C2)[C@H]1CC.CC[C@@H]1C2CCC(C2)[C@H]1CC. The van der Waals surface area contributed by atoms with Gasteiger partial charge in [0.1, 0.15) is 0 Å². The van der Waals surface area contributed by atoms with Crippen LogP contribution in [0.25, 0.3) is 0 Å². The summed E-state index contributed by atoms with van der Waals surface area (Å²) >= 11 is 2.05.